The zero-order valence-corrected chi connectivity index (χ0v) is 11.9. The van der Waals surface area contributed by atoms with Crippen LogP contribution in [0.25, 0.3) is 11.0 Å². The molecule has 2 aromatic heterocycles. The van der Waals surface area contributed by atoms with Crippen LogP contribution in [-0.2, 0) is 13.7 Å². The van der Waals surface area contributed by atoms with Crippen LogP contribution in [0.15, 0.2) is 30.5 Å². The van der Waals surface area contributed by atoms with Crippen molar-refractivity contribution in [3.8, 4) is 11.8 Å². The van der Waals surface area contributed by atoms with E-state index in [0.717, 1.165) is 0 Å². The van der Waals surface area contributed by atoms with Crippen LogP contribution in [-0.4, -0.2) is 19.7 Å². The lowest BCUT2D eigenvalue weighted by atomic mass is 10.2. The summed E-state index contributed by atoms with van der Waals surface area (Å²) >= 11 is 6.10. The molecule has 7 heteroatoms. The standard InChI is InChI=1S/C14H10ClN5O/c1-20-14-11(7-17-20)13(15)18-12(19-14)8-21-10-4-2-3-9(5-10)6-16/h2-5,7H,8H2,1H3. The van der Waals surface area contributed by atoms with E-state index in [1.54, 1.807) is 42.2 Å². The molecule has 0 amide bonds. The van der Waals surface area contributed by atoms with Crippen LogP contribution in [0, 0.1) is 11.3 Å². The SMILES string of the molecule is Cn1ncc2c(Cl)nc(COc3cccc(C#N)c3)nc21. The first kappa shape index (κ1) is 13.3. The molecule has 0 N–H and O–H groups in total. The first-order valence-electron chi connectivity index (χ1n) is 6.14. The molecule has 6 nitrogen and oxygen atoms in total. The number of aromatic nitrogens is 4. The smallest absolute Gasteiger partial charge is 0.170 e. The minimum Gasteiger partial charge on any atom is -0.486 e. The Labute approximate surface area is 125 Å². The van der Waals surface area contributed by atoms with Crippen LogP contribution in [0.4, 0.5) is 0 Å². The number of rotatable bonds is 3. The van der Waals surface area contributed by atoms with Crippen molar-refractivity contribution >= 4 is 22.6 Å². The van der Waals surface area contributed by atoms with Crippen molar-refractivity contribution in [1.82, 2.24) is 19.7 Å². The van der Waals surface area contributed by atoms with Crippen molar-refractivity contribution in [2.24, 2.45) is 7.05 Å². The second-order valence-electron chi connectivity index (χ2n) is 4.36. The van der Waals surface area contributed by atoms with Crippen molar-refractivity contribution in [3.05, 3.63) is 47.0 Å². The van der Waals surface area contributed by atoms with Crippen LogP contribution in [0.1, 0.15) is 11.4 Å². The van der Waals surface area contributed by atoms with Crippen molar-refractivity contribution < 1.29 is 4.74 Å². The molecule has 0 unspecified atom stereocenters. The molecule has 0 saturated heterocycles. The summed E-state index contributed by atoms with van der Waals surface area (Å²) in [7, 11) is 1.78. The minimum atomic E-state index is 0.162. The van der Waals surface area contributed by atoms with Crippen LogP contribution in [0.3, 0.4) is 0 Å². The topological polar surface area (TPSA) is 76.6 Å². The average molecular weight is 300 g/mol. The fourth-order valence-electron chi connectivity index (χ4n) is 1.90. The van der Waals surface area contributed by atoms with Crippen molar-refractivity contribution in [3.63, 3.8) is 0 Å². The number of nitriles is 1. The monoisotopic (exact) mass is 299 g/mol. The summed E-state index contributed by atoms with van der Waals surface area (Å²) in [5, 5.41) is 14.0. The molecular weight excluding hydrogens is 290 g/mol. The highest BCUT2D eigenvalue weighted by molar-refractivity contribution is 6.33. The zero-order valence-electron chi connectivity index (χ0n) is 11.1. The first-order chi connectivity index (χ1) is 10.2. The number of fused-ring (bicyclic) bond motifs is 1. The lowest BCUT2D eigenvalue weighted by Crippen LogP contribution is -2.04. The van der Waals surface area contributed by atoms with E-state index in [1.807, 2.05) is 0 Å². The molecule has 0 fully saturated rings. The molecule has 1 aromatic carbocycles. The summed E-state index contributed by atoms with van der Waals surface area (Å²) in [6, 6.07) is 8.95. The van der Waals surface area contributed by atoms with Gasteiger partial charge < -0.3 is 4.74 Å². The fourth-order valence-corrected chi connectivity index (χ4v) is 2.13. The van der Waals surface area contributed by atoms with Crippen molar-refractivity contribution in [1.29, 1.82) is 5.26 Å². The number of nitrogens with zero attached hydrogens (tertiary/aromatic N) is 5. The van der Waals surface area contributed by atoms with Crippen molar-refractivity contribution in [2.45, 2.75) is 6.61 Å². The Morgan fingerprint density at radius 3 is 3.05 bits per heavy atom. The van der Waals surface area contributed by atoms with Gasteiger partial charge in [-0.3, -0.25) is 4.68 Å². The Balaban J connectivity index is 1.85. The third kappa shape index (κ3) is 2.64. The molecule has 3 rings (SSSR count). The summed E-state index contributed by atoms with van der Waals surface area (Å²) < 4.78 is 7.22. The number of aryl methyl sites for hydroxylation is 1. The molecule has 21 heavy (non-hydrogen) atoms. The van der Waals surface area contributed by atoms with Gasteiger partial charge in [-0.25, -0.2) is 9.97 Å². The van der Waals surface area contributed by atoms with Gasteiger partial charge in [-0.15, -0.1) is 0 Å². The van der Waals surface area contributed by atoms with Gasteiger partial charge in [0, 0.05) is 7.05 Å². The maximum Gasteiger partial charge on any atom is 0.170 e. The van der Waals surface area contributed by atoms with Gasteiger partial charge in [-0.2, -0.15) is 10.4 Å². The van der Waals surface area contributed by atoms with E-state index in [4.69, 9.17) is 21.6 Å². The predicted molar refractivity (Wildman–Crippen MR) is 76.8 cm³/mol. The maximum absolute atomic E-state index is 8.85. The van der Waals surface area contributed by atoms with Gasteiger partial charge in [0.1, 0.15) is 17.5 Å². The normalized spacial score (nSPS) is 10.5. The Morgan fingerprint density at radius 2 is 2.24 bits per heavy atom. The maximum atomic E-state index is 8.85. The van der Waals surface area contributed by atoms with Gasteiger partial charge in [0.2, 0.25) is 0 Å². The van der Waals surface area contributed by atoms with E-state index in [-0.39, 0.29) is 6.61 Å². The highest BCUT2D eigenvalue weighted by Gasteiger charge is 2.10. The first-order valence-corrected chi connectivity index (χ1v) is 6.52. The van der Waals surface area contributed by atoms with Crippen LogP contribution in [0.2, 0.25) is 5.15 Å². The lowest BCUT2D eigenvalue weighted by Gasteiger charge is -2.06. The number of hydrogen-bond acceptors (Lipinski definition) is 5. The molecule has 0 aliphatic heterocycles. The van der Waals surface area contributed by atoms with E-state index in [0.29, 0.717) is 33.3 Å². The Hall–Kier alpha value is -2.65. The van der Waals surface area contributed by atoms with Gasteiger partial charge in [0.15, 0.2) is 11.5 Å². The van der Waals surface area contributed by atoms with E-state index < -0.39 is 0 Å². The lowest BCUT2D eigenvalue weighted by molar-refractivity contribution is 0.296. The summed E-state index contributed by atoms with van der Waals surface area (Å²) in [6.07, 6.45) is 1.62. The van der Waals surface area contributed by atoms with Crippen molar-refractivity contribution in [2.75, 3.05) is 0 Å². The van der Waals surface area contributed by atoms with E-state index in [2.05, 4.69) is 21.1 Å². The number of ether oxygens (including phenoxy) is 1. The number of benzene rings is 1. The molecule has 2 heterocycles. The second kappa shape index (κ2) is 5.38. The summed E-state index contributed by atoms with van der Waals surface area (Å²) in [4.78, 5) is 8.55. The molecule has 0 atom stereocenters. The number of hydrogen-bond donors (Lipinski definition) is 0. The third-order valence-electron chi connectivity index (χ3n) is 2.92. The second-order valence-corrected chi connectivity index (χ2v) is 4.72. The third-order valence-corrected chi connectivity index (χ3v) is 3.21. The van der Waals surface area contributed by atoms with Gasteiger partial charge in [-0.05, 0) is 18.2 Å². The minimum absolute atomic E-state index is 0.162. The van der Waals surface area contributed by atoms with E-state index in [9.17, 15) is 0 Å². The molecular formula is C14H10ClN5O. The zero-order chi connectivity index (χ0) is 14.8. The van der Waals surface area contributed by atoms with E-state index >= 15 is 0 Å². The Morgan fingerprint density at radius 1 is 1.38 bits per heavy atom. The highest BCUT2D eigenvalue weighted by atomic mass is 35.5. The quantitative estimate of drug-likeness (QED) is 0.694. The average Bonchev–Trinajstić information content (AvgIpc) is 2.87. The van der Waals surface area contributed by atoms with Gasteiger partial charge in [0.25, 0.3) is 0 Å². The molecule has 0 spiro atoms. The summed E-state index contributed by atoms with van der Waals surface area (Å²) in [6.45, 7) is 0.162. The summed E-state index contributed by atoms with van der Waals surface area (Å²) in [5.41, 5.74) is 1.19. The van der Waals surface area contributed by atoms with E-state index in [1.165, 1.54) is 0 Å². The predicted octanol–water partition coefficient (Wildman–Crippen LogP) is 2.47. The molecule has 3 aromatic rings. The summed E-state index contributed by atoms with van der Waals surface area (Å²) in [5.74, 6) is 1.04. The number of halogens is 1. The molecule has 0 bridgehead atoms. The molecule has 0 radical (unpaired) electrons. The Bertz CT molecular complexity index is 852. The largest absolute Gasteiger partial charge is 0.486 e. The van der Waals surface area contributed by atoms with Crippen LogP contribution < -0.4 is 4.74 Å². The highest BCUT2D eigenvalue weighted by Crippen LogP contribution is 2.20. The Kier molecular flexibility index (Phi) is 3.42. The molecule has 0 saturated carbocycles. The fraction of sp³-hybridized carbons (Fsp3) is 0.143. The van der Waals surface area contributed by atoms with Gasteiger partial charge in [-0.1, -0.05) is 17.7 Å². The van der Waals surface area contributed by atoms with Gasteiger partial charge in [0.05, 0.1) is 23.2 Å². The van der Waals surface area contributed by atoms with Crippen LogP contribution >= 0.6 is 11.6 Å². The molecule has 0 aliphatic carbocycles. The molecule has 0 aliphatic rings. The van der Waals surface area contributed by atoms with Crippen LogP contribution in [0.5, 0.6) is 5.75 Å². The van der Waals surface area contributed by atoms with Gasteiger partial charge >= 0.3 is 0 Å². The molecule has 104 valence electrons.